The van der Waals surface area contributed by atoms with Crippen LogP contribution in [0.4, 0.5) is 0 Å². The summed E-state index contributed by atoms with van der Waals surface area (Å²) < 4.78 is 0. The van der Waals surface area contributed by atoms with Gasteiger partial charge in [-0.1, -0.05) is 68.2 Å². The maximum absolute atomic E-state index is 11.7. The van der Waals surface area contributed by atoms with Crippen molar-refractivity contribution in [2.75, 3.05) is 0 Å². The van der Waals surface area contributed by atoms with E-state index in [-0.39, 0.29) is 58.9 Å². The van der Waals surface area contributed by atoms with Crippen molar-refractivity contribution in [3.05, 3.63) is 0 Å². The quantitative estimate of drug-likeness (QED) is 0.127. The van der Waals surface area contributed by atoms with E-state index in [1.54, 1.807) is 0 Å². The van der Waals surface area contributed by atoms with Gasteiger partial charge in [0.1, 0.15) is 0 Å². The minimum absolute atomic E-state index is 0.194. The molecule has 0 radical (unpaired) electrons. The fourth-order valence-electron chi connectivity index (χ4n) is 19.0. The predicted octanol–water partition coefficient (Wildman–Crippen LogP) is 10.2. The second kappa shape index (κ2) is 17.6. The zero-order valence-electron chi connectivity index (χ0n) is 39.0. The van der Waals surface area contributed by atoms with Gasteiger partial charge in [-0.25, -0.2) is 0 Å². The number of carbonyl (C=O) groups is 2. The molecule has 0 heterocycles. The molecule has 0 aromatic rings. The van der Waals surface area contributed by atoms with E-state index in [2.05, 4.69) is 55.4 Å². The average molecular weight is 841 g/mol. The second-order valence-electron chi connectivity index (χ2n) is 24.1. The number of carboxylic acids is 2. The molecule has 8 rings (SSSR count). The molecule has 0 aromatic carbocycles. The first-order valence-electron chi connectivity index (χ1n) is 25.4. The zero-order chi connectivity index (χ0) is 43.7. The maximum atomic E-state index is 11.7. The zero-order valence-corrected chi connectivity index (χ0v) is 39.0. The Morgan fingerprint density at radius 3 is 1.17 bits per heavy atom. The van der Waals surface area contributed by atoms with Gasteiger partial charge in [0.05, 0.1) is 24.4 Å². The van der Waals surface area contributed by atoms with Crippen LogP contribution in [0.1, 0.15) is 184 Å². The fourth-order valence-corrected chi connectivity index (χ4v) is 19.0. The van der Waals surface area contributed by atoms with Crippen LogP contribution in [0, 0.1) is 105 Å². The van der Waals surface area contributed by atoms with E-state index in [0.29, 0.717) is 82.9 Å². The number of aliphatic hydroxyl groups is 4. The van der Waals surface area contributed by atoms with E-state index in [9.17, 15) is 30.0 Å². The van der Waals surface area contributed by atoms with Gasteiger partial charge in [0.25, 0.3) is 0 Å². The van der Waals surface area contributed by atoms with Crippen molar-refractivity contribution in [2.24, 2.45) is 105 Å². The van der Waals surface area contributed by atoms with Crippen LogP contribution in [0.15, 0.2) is 0 Å². The molecule has 6 N–H and O–H groups in total. The molecule has 344 valence electrons. The number of fused-ring (bicyclic) bond motifs is 10. The summed E-state index contributed by atoms with van der Waals surface area (Å²) in [7, 11) is 0. The Balaban J connectivity index is 0.000000181. The molecule has 8 aliphatic carbocycles. The molecule has 0 bridgehead atoms. The highest BCUT2D eigenvalue weighted by Gasteiger charge is 2.66. The van der Waals surface area contributed by atoms with Crippen LogP contribution in [-0.2, 0) is 9.59 Å². The number of hydrogen-bond donors (Lipinski definition) is 6. The van der Waals surface area contributed by atoms with Crippen LogP contribution in [-0.4, -0.2) is 67.0 Å². The van der Waals surface area contributed by atoms with E-state index in [4.69, 9.17) is 10.2 Å². The van der Waals surface area contributed by atoms with Gasteiger partial charge in [-0.05, 0) is 207 Å². The predicted molar refractivity (Wildman–Crippen MR) is 236 cm³/mol. The van der Waals surface area contributed by atoms with Gasteiger partial charge >= 0.3 is 11.9 Å². The maximum Gasteiger partial charge on any atom is 0.303 e. The smallest absolute Gasteiger partial charge is 0.303 e. The summed E-state index contributed by atoms with van der Waals surface area (Å²) >= 11 is 0. The van der Waals surface area contributed by atoms with Crippen molar-refractivity contribution in [2.45, 2.75) is 208 Å². The standard InChI is InChI=1S/2C26H44O4/c2*1-5-17-21-14-16(27)10-12-26(21,4)20-11-13-25(3)18(15(2)6-9-22(28)29)7-8-19(25)23(20)24(17)30/h2*15-21,23-24,27,30H,5-14H2,1-4H3,(H,28,29)/t15-,16-,17-,18-,19?,20?,21+,23?,24-,25-,26-;15-,16-,17-,18-,19+,20+,21+,23+,24-,25-,26-/m11/s1. The highest BCUT2D eigenvalue weighted by molar-refractivity contribution is 5.66. The Hall–Kier alpha value is -1.22. The molecular weight excluding hydrogens is 753 g/mol. The van der Waals surface area contributed by atoms with Crippen molar-refractivity contribution in [3.8, 4) is 0 Å². The van der Waals surface area contributed by atoms with Gasteiger partial charge in [-0.3, -0.25) is 9.59 Å². The lowest BCUT2D eigenvalue weighted by Crippen LogP contribution is -2.62. The van der Waals surface area contributed by atoms with Crippen molar-refractivity contribution >= 4 is 11.9 Å². The average Bonchev–Trinajstić information content (AvgIpc) is 3.74. The van der Waals surface area contributed by atoms with Crippen LogP contribution in [0.5, 0.6) is 0 Å². The Morgan fingerprint density at radius 1 is 0.500 bits per heavy atom. The van der Waals surface area contributed by atoms with E-state index in [0.717, 1.165) is 64.2 Å². The molecule has 0 spiro atoms. The van der Waals surface area contributed by atoms with Gasteiger partial charge in [0, 0.05) is 12.8 Å². The molecule has 0 saturated heterocycles. The molecule has 8 aliphatic rings. The van der Waals surface area contributed by atoms with Crippen molar-refractivity contribution in [3.63, 3.8) is 0 Å². The Morgan fingerprint density at radius 2 is 0.833 bits per heavy atom. The number of rotatable bonds is 10. The third-order valence-electron chi connectivity index (χ3n) is 21.9. The van der Waals surface area contributed by atoms with Gasteiger partial charge in [0.2, 0.25) is 0 Å². The number of carboxylic acid groups (broad SMARTS) is 2. The number of aliphatic carboxylic acids is 2. The minimum atomic E-state index is -0.683. The van der Waals surface area contributed by atoms with Crippen LogP contribution < -0.4 is 0 Å². The summed E-state index contributed by atoms with van der Waals surface area (Å²) in [6.45, 7) is 18.9. The summed E-state index contributed by atoms with van der Waals surface area (Å²) in [6, 6.07) is 0. The first-order chi connectivity index (χ1) is 28.3. The van der Waals surface area contributed by atoms with Gasteiger partial charge in [0.15, 0.2) is 0 Å². The third kappa shape index (κ3) is 7.77. The lowest BCUT2D eigenvalue weighted by Gasteiger charge is -2.64. The van der Waals surface area contributed by atoms with Crippen LogP contribution in [0.25, 0.3) is 0 Å². The Bertz CT molecular complexity index is 1410. The van der Waals surface area contributed by atoms with Crippen molar-refractivity contribution in [1.29, 1.82) is 0 Å². The highest BCUT2D eigenvalue weighted by atomic mass is 16.4. The topological polar surface area (TPSA) is 156 Å². The van der Waals surface area contributed by atoms with Gasteiger partial charge < -0.3 is 30.6 Å². The van der Waals surface area contributed by atoms with E-state index in [1.165, 1.54) is 51.4 Å². The highest BCUT2D eigenvalue weighted by Crippen LogP contribution is 2.71. The molecule has 8 nitrogen and oxygen atoms in total. The Labute approximate surface area is 363 Å². The molecule has 22 atom stereocenters. The normalized spacial score (nSPS) is 51.5. The summed E-state index contributed by atoms with van der Waals surface area (Å²) in [4.78, 5) is 22.2. The van der Waals surface area contributed by atoms with Gasteiger partial charge in [-0.2, -0.15) is 0 Å². The van der Waals surface area contributed by atoms with Gasteiger partial charge in [-0.15, -0.1) is 0 Å². The number of aliphatic hydroxyl groups excluding tert-OH is 4. The molecule has 3 unspecified atom stereocenters. The summed E-state index contributed by atoms with van der Waals surface area (Å²) in [5.74, 6) is 5.15. The van der Waals surface area contributed by atoms with Crippen molar-refractivity contribution in [1.82, 2.24) is 0 Å². The first kappa shape index (κ1) is 46.8. The molecule has 0 amide bonds. The lowest BCUT2D eigenvalue weighted by atomic mass is 9.41. The van der Waals surface area contributed by atoms with Crippen molar-refractivity contribution < 1.29 is 40.2 Å². The number of hydrogen-bond acceptors (Lipinski definition) is 6. The van der Waals surface area contributed by atoms with E-state index < -0.39 is 11.9 Å². The third-order valence-corrected chi connectivity index (χ3v) is 21.9. The van der Waals surface area contributed by atoms with Crippen LogP contribution in [0.3, 0.4) is 0 Å². The van der Waals surface area contributed by atoms with E-state index in [1.807, 2.05) is 0 Å². The minimum Gasteiger partial charge on any atom is -0.481 e. The summed E-state index contributed by atoms with van der Waals surface area (Å²) in [5.41, 5.74) is 0.960. The van der Waals surface area contributed by atoms with E-state index >= 15 is 0 Å². The second-order valence-corrected chi connectivity index (χ2v) is 24.1. The molecule has 0 aromatic heterocycles. The monoisotopic (exact) mass is 841 g/mol. The lowest BCUT2D eigenvalue weighted by molar-refractivity contribution is -0.203. The fraction of sp³-hybridized carbons (Fsp3) is 0.962. The molecule has 8 heteroatoms. The van der Waals surface area contributed by atoms with Crippen LogP contribution >= 0.6 is 0 Å². The Kier molecular flexibility index (Phi) is 13.7. The molecule has 60 heavy (non-hydrogen) atoms. The summed E-state index contributed by atoms with van der Waals surface area (Å²) in [6.07, 6.45) is 18.5. The summed E-state index contributed by atoms with van der Waals surface area (Å²) in [5, 5.41) is 62.5. The largest absolute Gasteiger partial charge is 0.481 e. The van der Waals surface area contributed by atoms with Crippen LogP contribution in [0.2, 0.25) is 0 Å². The molecular formula is C52H88O8. The molecule has 8 saturated carbocycles. The molecule has 8 fully saturated rings. The first-order valence-corrected chi connectivity index (χ1v) is 25.4. The molecule has 0 aliphatic heterocycles. The SMILES string of the molecule is CC[C@H]1[C@@H](O)C2C3CC[C@H]([C@H](C)CCC(=O)O)[C@@]3(C)CCC2[C@@]2(C)CC[C@@H](O)C[C@@H]12.CC[C@H]1[C@@H](O)[C@@H]2[C@H](CC[C@]3(C)[C@@H]([C@H](C)CCC(=O)O)CC[C@@H]23)[C@@]2(C)CC[C@@H](O)C[C@@H]12.